The SMILES string of the molecule is C=Cc1nc(Cl)cnc1OCC(F)(F)F. The molecule has 0 aromatic carbocycles. The zero-order chi connectivity index (χ0) is 11.5. The van der Waals surface area contributed by atoms with Gasteiger partial charge in [-0.1, -0.05) is 18.2 Å². The molecule has 0 aliphatic rings. The van der Waals surface area contributed by atoms with Crippen LogP contribution in [0.4, 0.5) is 13.2 Å². The van der Waals surface area contributed by atoms with Gasteiger partial charge in [0, 0.05) is 0 Å². The summed E-state index contributed by atoms with van der Waals surface area (Å²) in [7, 11) is 0. The van der Waals surface area contributed by atoms with Gasteiger partial charge in [-0.3, -0.25) is 0 Å². The summed E-state index contributed by atoms with van der Waals surface area (Å²) in [6.45, 7) is 1.93. The Bertz CT molecular complexity index is 367. The quantitative estimate of drug-likeness (QED) is 0.812. The molecular formula is C8H6ClF3N2O. The van der Waals surface area contributed by atoms with Crippen molar-refractivity contribution in [3.63, 3.8) is 0 Å². The predicted octanol–water partition coefficient (Wildman–Crippen LogP) is 2.71. The predicted molar refractivity (Wildman–Crippen MR) is 48.7 cm³/mol. The minimum Gasteiger partial charge on any atom is -0.466 e. The highest BCUT2D eigenvalue weighted by Crippen LogP contribution is 2.20. The van der Waals surface area contributed by atoms with E-state index in [0.717, 1.165) is 6.20 Å². The second-order valence-corrected chi connectivity index (χ2v) is 2.88. The molecule has 0 spiro atoms. The highest BCUT2D eigenvalue weighted by atomic mass is 35.5. The van der Waals surface area contributed by atoms with Crippen molar-refractivity contribution in [1.82, 2.24) is 9.97 Å². The van der Waals surface area contributed by atoms with Gasteiger partial charge in [-0.2, -0.15) is 13.2 Å². The maximum atomic E-state index is 11.8. The van der Waals surface area contributed by atoms with Crippen molar-refractivity contribution in [3.8, 4) is 5.88 Å². The van der Waals surface area contributed by atoms with Crippen LogP contribution in [-0.2, 0) is 0 Å². The number of aromatic nitrogens is 2. The van der Waals surface area contributed by atoms with E-state index in [-0.39, 0.29) is 16.7 Å². The number of halogens is 4. The van der Waals surface area contributed by atoms with Gasteiger partial charge in [0.1, 0.15) is 10.8 Å². The van der Waals surface area contributed by atoms with Gasteiger partial charge in [-0.15, -0.1) is 0 Å². The molecule has 0 amide bonds. The maximum Gasteiger partial charge on any atom is 0.422 e. The lowest BCUT2D eigenvalue weighted by Gasteiger charge is -2.09. The van der Waals surface area contributed by atoms with Gasteiger partial charge >= 0.3 is 6.18 Å². The Hall–Kier alpha value is -1.30. The summed E-state index contributed by atoms with van der Waals surface area (Å²) in [6.07, 6.45) is -2.11. The lowest BCUT2D eigenvalue weighted by atomic mass is 10.4. The smallest absolute Gasteiger partial charge is 0.422 e. The molecule has 15 heavy (non-hydrogen) atoms. The van der Waals surface area contributed by atoms with Crippen LogP contribution in [0.25, 0.3) is 6.08 Å². The first-order chi connectivity index (χ1) is 6.92. The van der Waals surface area contributed by atoms with Crippen molar-refractivity contribution in [2.24, 2.45) is 0 Å². The van der Waals surface area contributed by atoms with Crippen LogP contribution < -0.4 is 4.74 Å². The normalized spacial score (nSPS) is 11.2. The topological polar surface area (TPSA) is 35.0 Å². The number of hydrogen-bond donors (Lipinski definition) is 0. The number of ether oxygens (including phenoxy) is 1. The Morgan fingerprint density at radius 1 is 1.53 bits per heavy atom. The molecule has 1 aromatic heterocycles. The van der Waals surface area contributed by atoms with Crippen LogP contribution in [0.2, 0.25) is 5.15 Å². The Labute approximate surface area is 88.6 Å². The van der Waals surface area contributed by atoms with Crippen LogP contribution in [0.15, 0.2) is 12.8 Å². The molecule has 0 fully saturated rings. The summed E-state index contributed by atoms with van der Waals surface area (Å²) in [6, 6.07) is 0. The standard InChI is InChI=1S/C8H6ClF3N2O/c1-2-5-7(13-3-6(9)14-5)15-4-8(10,11)12/h2-3H,1,4H2. The third kappa shape index (κ3) is 3.75. The first-order valence-electron chi connectivity index (χ1n) is 3.77. The molecule has 0 aliphatic carbocycles. The molecule has 0 radical (unpaired) electrons. The Kier molecular flexibility index (Phi) is 3.52. The van der Waals surface area contributed by atoms with Crippen LogP contribution in [-0.4, -0.2) is 22.8 Å². The van der Waals surface area contributed by atoms with Crippen molar-refractivity contribution in [1.29, 1.82) is 0 Å². The van der Waals surface area contributed by atoms with Crippen molar-refractivity contribution in [3.05, 3.63) is 23.6 Å². The van der Waals surface area contributed by atoms with Crippen molar-refractivity contribution in [2.75, 3.05) is 6.61 Å². The van der Waals surface area contributed by atoms with E-state index in [4.69, 9.17) is 11.6 Å². The fourth-order valence-electron chi connectivity index (χ4n) is 0.764. The first-order valence-corrected chi connectivity index (χ1v) is 4.14. The number of rotatable bonds is 3. The maximum absolute atomic E-state index is 11.8. The van der Waals surface area contributed by atoms with Gasteiger partial charge < -0.3 is 4.74 Å². The summed E-state index contributed by atoms with van der Waals surface area (Å²) in [5.41, 5.74) is 0.0757. The van der Waals surface area contributed by atoms with Crippen LogP contribution in [0, 0.1) is 0 Å². The van der Waals surface area contributed by atoms with E-state index in [1.165, 1.54) is 6.08 Å². The lowest BCUT2D eigenvalue weighted by Crippen LogP contribution is -2.20. The van der Waals surface area contributed by atoms with E-state index in [1.54, 1.807) is 0 Å². The molecule has 0 N–H and O–H groups in total. The molecule has 0 unspecified atom stereocenters. The summed E-state index contributed by atoms with van der Waals surface area (Å²) >= 11 is 5.49. The van der Waals surface area contributed by atoms with E-state index in [0.29, 0.717) is 0 Å². The van der Waals surface area contributed by atoms with Crippen LogP contribution in [0.1, 0.15) is 5.69 Å². The minimum atomic E-state index is -4.42. The van der Waals surface area contributed by atoms with Gasteiger partial charge in [0.05, 0.1) is 6.20 Å². The zero-order valence-electron chi connectivity index (χ0n) is 7.38. The van der Waals surface area contributed by atoms with Gasteiger partial charge in [0.25, 0.3) is 0 Å². The minimum absolute atomic E-state index is 0.0595. The molecule has 3 nitrogen and oxygen atoms in total. The van der Waals surface area contributed by atoms with Gasteiger partial charge in [-0.25, -0.2) is 9.97 Å². The average Bonchev–Trinajstić information content (AvgIpc) is 2.14. The molecule has 0 bridgehead atoms. The number of nitrogens with zero attached hydrogens (tertiary/aromatic N) is 2. The second kappa shape index (κ2) is 4.48. The summed E-state index contributed by atoms with van der Waals surface area (Å²) < 4.78 is 39.9. The third-order valence-electron chi connectivity index (χ3n) is 1.30. The Morgan fingerprint density at radius 2 is 2.20 bits per heavy atom. The largest absolute Gasteiger partial charge is 0.466 e. The number of alkyl halides is 3. The van der Waals surface area contributed by atoms with E-state index in [1.807, 2.05) is 0 Å². The summed E-state index contributed by atoms with van der Waals surface area (Å²) in [5.74, 6) is -0.244. The van der Waals surface area contributed by atoms with Crippen molar-refractivity contribution in [2.45, 2.75) is 6.18 Å². The molecule has 0 saturated carbocycles. The van der Waals surface area contributed by atoms with Crippen molar-refractivity contribution < 1.29 is 17.9 Å². The van der Waals surface area contributed by atoms with E-state index < -0.39 is 12.8 Å². The van der Waals surface area contributed by atoms with Gasteiger partial charge in [-0.05, 0) is 6.08 Å². The fraction of sp³-hybridized carbons (Fsp3) is 0.250. The van der Waals surface area contributed by atoms with Gasteiger partial charge in [0.15, 0.2) is 6.61 Å². The van der Waals surface area contributed by atoms with E-state index in [2.05, 4.69) is 21.3 Å². The second-order valence-electron chi connectivity index (χ2n) is 2.49. The molecule has 1 rings (SSSR count). The number of hydrogen-bond acceptors (Lipinski definition) is 3. The summed E-state index contributed by atoms with van der Waals surface area (Å²) in [5, 5.41) is 0.0595. The molecule has 1 heterocycles. The molecule has 0 atom stereocenters. The molecule has 82 valence electrons. The molecule has 0 aliphatic heterocycles. The van der Waals surface area contributed by atoms with Crippen LogP contribution >= 0.6 is 11.6 Å². The van der Waals surface area contributed by atoms with Gasteiger partial charge in [0.2, 0.25) is 5.88 Å². The van der Waals surface area contributed by atoms with Crippen molar-refractivity contribution >= 4 is 17.7 Å². The first kappa shape index (κ1) is 11.8. The van der Waals surface area contributed by atoms with E-state index >= 15 is 0 Å². The molecular weight excluding hydrogens is 233 g/mol. The highest BCUT2D eigenvalue weighted by Gasteiger charge is 2.29. The molecule has 0 saturated heterocycles. The monoisotopic (exact) mass is 238 g/mol. The summed E-state index contributed by atoms with van der Waals surface area (Å²) in [4.78, 5) is 7.25. The third-order valence-corrected chi connectivity index (χ3v) is 1.48. The lowest BCUT2D eigenvalue weighted by molar-refractivity contribution is -0.154. The van der Waals surface area contributed by atoms with Crippen LogP contribution in [0.5, 0.6) is 5.88 Å². The van der Waals surface area contributed by atoms with E-state index in [9.17, 15) is 13.2 Å². The fourth-order valence-corrected chi connectivity index (χ4v) is 0.904. The average molecular weight is 239 g/mol. The Balaban J connectivity index is 2.81. The van der Waals surface area contributed by atoms with Crippen LogP contribution in [0.3, 0.4) is 0 Å². The Morgan fingerprint density at radius 3 is 2.73 bits per heavy atom. The molecule has 1 aromatic rings. The molecule has 7 heteroatoms. The highest BCUT2D eigenvalue weighted by molar-refractivity contribution is 6.29. The zero-order valence-corrected chi connectivity index (χ0v) is 8.14.